The molecule has 1 aliphatic heterocycles. The fourth-order valence-corrected chi connectivity index (χ4v) is 3.00. The molecule has 0 aliphatic carbocycles. The van der Waals surface area contributed by atoms with E-state index in [1.165, 1.54) is 20.3 Å². The highest BCUT2D eigenvalue weighted by atomic mass is 32.2. The Labute approximate surface area is 125 Å². The average Bonchev–Trinajstić information content (AvgIpc) is 2.48. The number of hydrogen-bond donors (Lipinski definition) is 1. The smallest absolute Gasteiger partial charge is 0.244 e. The molecular weight excluding hydrogens is 294 g/mol. The number of morpholine rings is 1. The number of sulfonamides is 1. The van der Waals surface area contributed by atoms with E-state index in [1.807, 2.05) is 11.8 Å². The quantitative estimate of drug-likeness (QED) is 0.837. The topological polar surface area (TPSA) is 83.0 Å². The van der Waals surface area contributed by atoms with Crippen LogP contribution < -0.4 is 4.90 Å². The van der Waals surface area contributed by atoms with Crippen LogP contribution >= 0.6 is 0 Å². The van der Waals surface area contributed by atoms with E-state index >= 15 is 0 Å². The highest BCUT2D eigenvalue weighted by Crippen LogP contribution is 2.21. The molecule has 2 unspecified atom stereocenters. The van der Waals surface area contributed by atoms with E-state index < -0.39 is 10.0 Å². The Morgan fingerprint density at radius 2 is 2.19 bits per heavy atom. The van der Waals surface area contributed by atoms with Crippen molar-refractivity contribution < 1.29 is 18.3 Å². The zero-order chi connectivity index (χ0) is 15.6. The number of ether oxygens (including phenoxy) is 1. The second kappa shape index (κ2) is 6.27. The molecule has 1 saturated heterocycles. The molecule has 1 aromatic heterocycles. The summed E-state index contributed by atoms with van der Waals surface area (Å²) in [6.45, 7) is 2.99. The summed E-state index contributed by atoms with van der Waals surface area (Å²) in [6.07, 6.45) is 1.12. The number of rotatable bonds is 4. The van der Waals surface area contributed by atoms with Crippen LogP contribution in [0.5, 0.6) is 0 Å². The van der Waals surface area contributed by atoms with Crippen molar-refractivity contribution >= 4 is 15.8 Å². The number of aliphatic hydroxyl groups excluding tert-OH is 1. The summed E-state index contributed by atoms with van der Waals surface area (Å²) in [6, 6.07) is 3.36. The van der Waals surface area contributed by atoms with Gasteiger partial charge in [-0.05, 0) is 19.1 Å². The zero-order valence-electron chi connectivity index (χ0n) is 12.4. The van der Waals surface area contributed by atoms with Crippen LogP contribution in [0.3, 0.4) is 0 Å². The molecule has 0 aromatic carbocycles. The fraction of sp³-hybridized carbons (Fsp3) is 0.615. The van der Waals surface area contributed by atoms with Crippen molar-refractivity contribution in [2.24, 2.45) is 0 Å². The predicted molar refractivity (Wildman–Crippen MR) is 78.7 cm³/mol. The van der Waals surface area contributed by atoms with Gasteiger partial charge in [0, 0.05) is 26.8 Å². The lowest BCUT2D eigenvalue weighted by molar-refractivity contribution is -0.0105. The lowest BCUT2D eigenvalue weighted by Gasteiger charge is -2.38. The number of aromatic nitrogens is 1. The summed E-state index contributed by atoms with van der Waals surface area (Å²) in [5, 5.41) is 9.20. The van der Waals surface area contributed by atoms with Gasteiger partial charge in [-0.2, -0.15) is 0 Å². The molecule has 8 heteroatoms. The first-order valence-corrected chi connectivity index (χ1v) is 8.18. The van der Waals surface area contributed by atoms with Crippen molar-refractivity contribution in [3.8, 4) is 0 Å². The standard InChI is InChI=1S/C13H21N3O4S/c1-10-9-20-11(8-17)7-16(10)13-5-4-12(6-14-13)21(18,19)15(2)3/h4-6,10-11,17H,7-9H2,1-3H3. The third kappa shape index (κ3) is 3.34. The fourth-order valence-electron chi connectivity index (χ4n) is 2.15. The summed E-state index contributed by atoms with van der Waals surface area (Å²) in [5.41, 5.74) is 0. The summed E-state index contributed by atoms with van der Waals surface area (Å²) in [5.74, 6) is 0.682. The first-order chi connectivity index (χ1) is 9.86. The lowest BCUT2D eigenvalue weighted by atomic mass is 10.2. The maximum absolute atomic E-state index is 12.0. The van der Waals surface area contributed by atoms with Crippen LogP contribution in [0.25, 0.3) is 0 Å². The van der Waals surface area contributed by atoms with Crippen LogP contribution in [0.4, 0.5) is 5.82 Å². The molecule has 2 rings (SSSR count). The molecular formula is C13H21N3O4S. The van der Waals surface area contributed by atoms with E-state index in [-0.39, 0.29) is 23.6 Å². The Morgan fingerprint density at radius 1 is 1.48 bits per heavy atom. The van der Waals surface area contributed by atoms with Crippen molar-refractivity contribution in [1.29, 1.82) is 0 Å². The largest absolute Gasteiger partial charge is 0.394 e. The average molecular weight is 315 g/mol. The van der Waals surface area contributed by atoms with Crippen LogP contribution in [0.1, 0.15) is 6.92 Å². The molecule has 118 valence electrons. The van der Waals surface area contributed by atoms with Gasteiger partial charge < -0.3 is 14.7 Å². The first-order valence-electron chi connectivity index (χ1n) is 6.74. The molecule has 0 radical (unpaired) electrons. The van der Waals surface area contributed by atoms with E-state index in [4.69, 9.17) is 4.74 Å². The van der Waals surface area contributed by atoms with E-state index in [2.05, 4.69) is 4.98 Å². The molecule has 1 N–H and O–H groups in total. The van der Waals surface area contributed by atoms with E-state index in [0.717, 1.165) is 4.31 Å². The van der Waals surface area contributed by atoms with Gasteiger partial charge in [-0.15, -0.1) is 0 Å². The first kappa shape index (κ1) is 16.2. The summed E-state index contributed by atoms with van der Waals surface area (Å²) in [7, 11) is -0.495. The minimum Gasteiger partial charge on any atom is -0.394 e. The van der Waals surface area contributed by atoms with Gasteiger partial charge in [-0.1, -0.05) is 0 Å². The maximum Gasteiger partial charge on any atom is 0.244 e. The molecule has 1 fully saturated rings. The molecule has 1 aromatic rings. The van der Waals surface area contributed by atoms with Crippen LogP contribution in [0, 0.1) is 0 Å². The Bertz CT molecular complexity index is 574. The maximum atomic E-state index is 12.0. The van der Waals surface area contributed by atoms with E-state index in [0.29, 0.717) is 19.0 Å². The molecule has 2 atom stereocenters. The summed E-state index contributed by atoms with van der Waals surface area (Å²) >= 11 is 0. The second-order valence-electron chi connectivity index (χ2n) is 5.28. The van der Waals surface area contributed by atoms with Gasteiger partial charge in [-0.25, -0.2) is 17.7 Å². The van der Waals surface area contributed by atoms with Crippen molar-refractivity contribution in [2.75, 3.05) is 38.8 Å². The van der Waals surface area contributed by atoms with E-state index in [9.17, 15) is 13.5 Å². The van der Waals surface area contributed by atoms with Crippen molar-refractivity contribution in [1.82, 2.24) is 9.29 Å². The third-order valence-corrected chi connectivity index (χ3v) is 5.30. The molecule has 21 heavy (non-hydrogen) atoms. The summed E-state index contributed by atoms with van der Waals surface area (Å²) in [4.78, 5) is 6.43. The van der Waals surface area contributed by atoms with E-state index in [1.54, 1.807) is 12.1 Å². The highest BCUT2D eigenvalue weighted by Gasteiger charge is 2.27. The minimum atomic E-state index is -3.47. The monoisotopic (exact) mass is 315 g/mol. The van der Waals surface area contributed by atoms with Gasteiger partial charge in [0.25, 0.3) is 0 Å². The van der Waals surface area contributed by atoms with Gasteiger partial charge in [-0.3, -0.25) is 0 Å². The number of anilines is 1. The molecule has 0 amide bonds. The Morgan fingerprint density at radius 3 is 2.71 bits per heavy atom. The molecule has 0 bridgehead atoms. The van der Waals surface area contributed by atoms with Crippen LogP contribution in [0.2, 0.25) is 0 Å². The van der Waals surface area contributed by atoms with Gasteiger partial charge in [0.2, 0.25) is 10.0 Å². The highest BCUT2D eigenvalue weighted by molar-refractivity contribution is 7.89. The third-order valence-electron chi connectivity index (χ3n) is 3.50. The lowest BCUT2D eigenvalue weighted by Crippen LogP contribution is -2.50. The van der Waals surface area contributed by atoms with Crippen molar-refractivity contribution in [2.45, 2.75) is 24.0 Å². The van der Waals surface area contributed by atoms with Gasteiger partial charge in [0.05, 0.1) is 25.4 Å². The number of hydrogen-bond acceptors (Lipinski definition) is 6. The molecule has 0 saturated carbocycles. The predicted octanol–water partition coefficient (Wildman–Crippen LogP) is -0.0821. The Kier molecular flexibility index (Phi) is 4.82. The van der Waals surface area contributed by atoms with Crippen LogP contribution in [-0.4, -0.2) is 68.8 Å². The molecule has 2 heterocycles. The van der Waals surface area contributed by atoms with Crippen LogP contribution in [-0.2, 0) is 14.8 Å². The number of aliphatic hydroxyl groups is 1. The normalized spacial score (nSPS) is 23.6. The zero-order valence-corrected chi connectivity index (χ0v) is 13.2. The van der Waals surface area contributed by atoms with Gasteiger partial charge >= 0.3 is 0 Å². The van der Waals surface area contributed by atoms with Crippen molar-refractivity contribution in [3.05, 3.63) is 18.3 Å². The second-order valence-corrected chi connectivity index (χ2v) is 7.43. The van der Waals surface area contributed by atoms with Crippen LogP contribution in [0.15, 0.2) is 23.2 Å². The number of pyridine rings is 1. The summed E-state index contributed by atoms with van der Waals surface area (Å²) < 4.78 is 30.6. The molecule has 7 nitrogen and oxygen atoms in total. The number of nitrogens with zero attached hydrogens (tertiary/aromatic N) is 3. The minimum absolute atomic E-state index is 0.0453. The molecule has 1 aliphatic rings. The van der Waals surface area contributed by atoms with Crippen molar-refractivity contribution in [3.63, 3.8) is 0 Å². The Hall–Kier alpha value is -1.22. The van der Waals surface area contributed by atoms with Gasteiger partial charge in [0.1, 0.15) is 10.7 Å². The Balaban J connectivity index is 2.22. The molecule has 0 spiro atoms. The van der Waals surface area contributed by atoms with Gasteiger partial charge in [0.15, 0.2) is 0 Å². The SMILES string of the molecule is CC1COC(CO)CN1c1ccc(S(=O)(=O)N(C)C)cn1.